The molecule has 1 atom stereocenters. The van der Waals surface area contributed by atoms with Gasteiger partial charge >= 0.3 is 0 Å². The number of hydrogen-bond acceptors (Lipinski definition) is 5. The molecule has 2 aromatic rings. The number of thiophene rings is 1. The van der Waals surface area contributed by atoms with Crippen molar-refractivity contribution in [3.05, 3.63) is 23.1 Å². The van der Waals surface area contributed by atoms with Crippen LogP contribution in [0.4, 0.5) is 5.69 Å². The molecule has 0 radical (unpaired) electrons. The molecule has 0 bridgehead atoms. The predicted molar refractivity (Wildman–Crippen MR) is 81.4 cm³/mol. The zero-order valence-electron chi connectivity index (χ0n) is 11.5. The Kier molecular flexibility index (Phi) is 4.46. The predicted octanol–water partition coefficient (Wildman–Crippen LogP) is 1.85. The molecule has 1 heterocycles. The van der Waals surface area contributed by atoms with Crippen LogP contribution >= 0.6 is 11.3 Å². The summed E-state index contributed by atoms with van der Waals surface area (Å²) in [5.74, 6) is 0.467. The minimum atomic E-state index is -0.217. The van der Waals surface area contributed by atoms with E-state index < -0.39 is 0 Å². The summed E-state index contributed by atoms with van der Waals surface area (Å²) in [5, 5.41) is 12.5. The number of rotatable bonds is 5. The average molecular weight is 294 g/mol. The molecule has 0 aliphatic heterocycles. The summed E-state index contributed by atoms with van der Waals surface area (Å²) >= 11 is 1.34. The molecule has 1 aromatic carbocycles. The van der Waals surface area contributed by atoms with Crippen LogP contribution in [0, 0.1) is 5.92 Å². The fraction of sp³-hybridized carbons (Fsp3) is 0.357. The zero-order chi connectivity index (χ0) is 14.7. The van der Waals surface area contributed by atoms with E-state index in [1.165, 1.54) is 11.3 Å². The maximum Gasteiger partial charge on any atom is 0.263 e. The molecule has 108 valence electrons. The van der Waals surface area contributed by atoms with Crippen LogP contribution in [0.5, 0.6) is 5.75 Å². The number of carbonyl (C=O) groups excluding carboxylic acids is 1. The standard InChI is InChI=1S/C14H18N2O3S/c1-8(7-17)6-16-14(18)13-12(15)11-9(19-2)4-3-5-10(11)20-13/h3-5,8,17H,6-7,15H2,1-2H3,(H,16,18). The number of amides is 1. The van der Waals surface area contributed by atoms with E-state index in [-0.39, 0.29) is 18.4 Å². The third-order valence-corrected chi connectivity index (χ3v) is 4.23. The highest BCUT2D eigenvalue weighted by Gasteiger charge is 2.19. The number of carbonyl (C=O) groups is 1. The summed E-state index contributed by atoms with van der Waals surface area (Å²) in [6.45, 7) is 2.31. The molecular weight excluding hydrogens is 276 g/mol. The van der Waals surface area contributed by atoms with Crippen molar-refractivity contribution >= 4 is 33.0 Å². The van der Waals surface area contributed by atoms with Gasteiger partial charge in [0.1, 0.15) is 10.6 Å². The van der Waals surface area contributed by atoms with Gasteiger partial charge in [-0.3, -0.25) is 4.79 Å². The van der Waals surface area contributed by atoms with Crippen molar-refractivity contribution in [2.75, 3.05) is 26.0 Å². The number of fused-ring (bicyclic) bond motifs is 1. The number of nitrogens with one attached hydrogen (secondary N) is 1. The maximum absolute atomic E-state index is 12.2. The number of hydrogen-bond donors (Lipinski definition) is 3. The molecule has 20 heavy (non-hydrogen) atoms. The topological polar surface area (TPSA) is 84.6 Å². The number of aliphatic hydroxyl groups is 1. The molecule has 0 saturated heterocycles. The van der Waals surface area contributed by atoms with Gasteiger partial charge in [0.15, 0.2) is 0 Å². The van der Waals surface area contributed by atoms with Gasteiger partial charge in [-0.25, -0.2) is 0 Å². The van der Waals surface area contributed by atoms with Gasteiger partial charge in [-0.1, -0.05) is 13.0 Å². The Labute approximate surface area is 121 Å². The van der Waals surface area contributed by atoms with Crippen LogP contribution in [0.1, 0.15) is 16.6 Å². The number of anilines is 1. The van der Waals surface area contributed by atoms with Crippen LogP contribution < -0.4 is 15.8 Å². The Morgan fingerprint density at radius 1 is 1.55 bits per heavy atom. The first-order valence-electron chi connectivity index (χ1n) is 6.32. The maximum atomic E-state index is 12.2. The Morgan fingerprint density at radius 2 is 2.30 bits per heavy atom. The van der Waals surface area contributed by atoms with Gasteiger partial charge in [0, 0.05) is 17.9 Å². The lowest BCUT2D eigenvalue weighted by atomic mass is 10.2. The van der Waals surface area contributed by atoms with Crippen LogP contribution in [0.3, 0.4) is 0 Å². The second-order valence-corrected chi connectivity index (χ2v) is 5.73. The molecule has 4 N–H and O–H groups in total. The van der Waals surface area contributed by atoms with Crippen LogP contribution in [0.2, 0.25) is 0 Å². The van der Waals surface area contributed by atoms with Crippen molar-refractivity contribution < 1.29 is 14.6 Å². The van der Waals surface area contributed by atoms with E-state index in [2.05, 4.69) is 5.32 Å². The zero-order valence-corrected chi connectivity index (χ0v) is 12.3. The van der Waals surface area contributed by atoms with Gasteiger partial charge in [0.25, 0.3) is 5.91 Å². The molecule has 1 aromatic heterocycles. The second kappa shape index (κ2) is 6.11. The number of ether oxygens (including phenoxy) is 1. The summed E-state index contributed by atoms with van der Waals surface area (Å²) in [6.07, 6.45) is 0. The summed E-state index contributed by atoms with van der Waals surface area (Å²) in [5.41, 5.74) is 6.52. The largest absolute Gasteiger partial charge is 0.496 e. The number of benzene rings is 1. The van der Waals surface area contributed by atoms with E-state index in [0.717, 1.165) is 10.1 Å². The molecule has 1 unspecified atom stereocenters. The van der Waals surface area contributed by atoms with Crippen LogP contribution in [0.25, 0.3) is 10.1 Å². The van der Waals surface area contributed by atoms with Gasteiger partial charge in [-0.05, 0) is 18.1 Å². The normalized spacial score (nSPS) is 12.3. The first kappa shape index (κ1) is 14.6. The van der Waals surface area contributed by atoms with Crippen molar-refractivity contribution in [3.8, 4) is 5.75 Å². The second-order valence-electron chi connectivity index (χ2n) is 4.68. The molecule has 1 amide bonds. The molecule has 0 saturated carbocycles. The van der Waals surface area contributed by atoms with Gasteiger partial charge in [-0.15, -0.1) is 11.3 Å². The Morgan fingerprint density at radius 3 is 2.95 bits per heavy atom. The van der Waals surface area contributed by atoms with E-state index in [1.807, 2.05) is 25.1 Å². The van der Waals surface area contributed by atoms with E-state index >= 15 is 0 Å². The third-order valence-electron chi connectivity index (χ3n) is 3.06. The van der Waals surface area contributed by atoms with Gasteiger partial charge < -0.3 is 20.9 Å². The van der Waals surface area contributed by atoms with Crippen molar-refractivity contribution in [3.63, 3.8) is 0 Å². The SMILES string of the molecule is COc1cccc2sc(C(=O)NCC(C)CO)c(N)c12. The fourth-order valence-electron chi connectivity index (χ4n) is 1.89. The summed E-state index contributed by atoms with van der Waals surface area (Å²) in [4.78, 5) is 12.6. The molecule has 6 heteroatoms. The van der Waals surface area contributed by atoms with E-state index in [1.54, 1.807) is 7.11 Å². The number of nitrogens with two attached hydrogens (primary N) is 1. The number of nitrogen functional groups attached to an aromatic ring is 1. The molecule has 2 rings (SSSR count). The minimum absolute atomic E-state index is 0.0177. The van der Waals surface area contributed by atoms with Crippen LogP contribution in [-0.2, 0) is 0 Å². The monoisotopic (exact) mass is 294 g/mol. The summed E-state index contributed by atoms with van der Waals surface area (Å²) < 4.78 is 6.20. The van der Waals surface area contributed by atoms with Crippen molar-refractivity contribution in [1.29, 1.82) is 0 Å². The quantitative estimate of drug-likeness (QED) is 0.785. The highest BCUT2D eigenvalue weighted by atomic mass is 32.1. The molecule has 0 aliphatic rings. The minimum Gasteiger partial charge on any atom is -0.496 e. The fourth-order valence-corrected chi connectivity index (χ4v) is 2.95. The Balaban J connectivity index is 2.31. The van der Waals surface area contributed by atoms with Gasteiger partial charge in [-0.2, -0.15) is 0 Å². The number of aliphatic hydroxyl groups excluding tert-OH is 1. The van der Waals surface area contributed by atoms with E-state index in [4.69, 9.17) is 15.6 Å². The van der Waals surface area contributed by atoms with Crippen LogP contribution in [-0.4, -0.2) is 31.3 Å². The lowest BCUT2D eigenvalue weighted by molar-refractivity contribution is 0.0947. The highest BCUT2D eigenvalue weighted by molar-refractivity contribution is 7.21. The highest BCUT2D eigenvalue weighted by Crippen LogP contribution is 2.39. The van der Waals surface area contributed by atoms with E-state index in [0.29, 0.717) is 22.9 Å². The lowest BCUT2D eigenvalue weighted by Gasteiger charge is -2.09. The molecule has 0 fully saturated rings. The average Bonchev–Trinajstić information content (AvgIpc) is 2.81. The smallest absolute Gasteiger partial charge is 0.263 e. The van der Waals surface area contributed by atoms with Gasteiger partial charge in [0.2, 0.25) is 0 Å². The molecule has 0 aliphatic carbocycles. The summed E-state index contributed by atoms with van der Waals surface area (Å²) in [6, 6.07) is 5.60. The van der Waals surface area contributed by atoms with Crippen molar-refractivity contribution in [1.82, 2.24) is 5.32 Å². The molecule has 5 nitrogen and oxygen atoms in total. The van der Waals surface area contributed by atoms with E-state index in [9.17, 15) is 4.79 Å². The molecule has 0 spiro atoms. The van der Waals surface area contributed by atoms with Crippen molar-refractivity contribution in [2.24, 2.45) is 5.92 Å². The number of methoxy groups -OCH3 is 1. The first-order valence-corrected chi connectivity index (χ1v) is 7.14. The molecular formula is C14H18N2O3S. The van der Waals surface area contributed by atoms with Crippen molar-refractivity contribution in [2.45, 2.75) is 6.92 Å². The van der Waals surface area contributed by atoms with Gasteiger partial charge in [0.05, 0.1) is 18.2 Å². The Bertz CT molecular complexity index is 624. The third kappa shape index (κ3) is 2.71. The van der Waals surface area contributed by atoms with Crippen LogP contribution in [0.15, 0.2) is 18.2 Å². The summed E-state index contributed by atoms with van der Waals surface area (Å²) in [7, 11) is 1.58. The Hall–Kier alpha value is -1.79. The lowest BCUT2D eigenvalue weighted by Crippen LogP contribution is -2.29. The first-order chi connectivity index (χ1) is 9.58.